The lowest BCUT2D eigenvalue weighted by Crippen LogP contribution is -2.68. The molecule has 0 saturated carbocycles. The maximum absolute atomic E-state index is 12.3. The van der Waals surface area contributed by atoms with E-state index in [1.54, 1.807) is 18.7 Å². The molecule has 0 aromatic carbocycles. The summed E-state index contributed by atoms with van der Waals surface area (Å²) in [5.74, 6) is -0.0142. The van der Waals surface area contributed by atoms with Crippen LogP contribution in [0, 0.1) is 0 Å². The molecule has 1 fully saturated rings. The summed E-state index contributed by atoms with van der Waals surface area (Å²) in [5.41, 5.74) is -0.777. The number of hydrogen-bond acceptors (Lipinski definition) is 3. The molecule has 1 unspecified atom stereocenters. The minimum Gasteiger partial charge on any atom is -0.340 e. The molecule has 0 aliphatic carbocycles. The second-order valence-corrected chi connectivity index (χ2v) is 5.69. The van der Waals surface area contributed by atoms with Gasteiger partial charge in [0.15, 0.2) is 0 Å². The molecular formula is C13H25N3O2. The van der Waals surface area contributed by atoms with Crippen molar-refractivity contribution in [2.45, 2.75) is 45.2 Å². The first kappa shape index (κ1) is 15.0. The molecule has 18 heavy (non-hydrogen) atoms. The Labute approximate surface area is 110 Å². The Balaban J connectivity index is 2.74. The highest BCUT2D eigenvalue weighted by Crippen LogP contribution is 2.20. The number of nitrogens with one attached hydrogen (secondary N) is 1. The van der Waals surface area contributed by atoms with Gasteiger partial charge in [-0.1, -0.05) is 6.92 Å². The van der Waals surface area contributed by atoms with Crippen LogP contribution in [0.1, 0.15) is 33.6 Å². The van der Waals surface area contributed by atoms with Crippen LogP contribution >= 0.6 is 0 Å². The van der Waals surface area contributed by atoms with Gasteiger partial charge in [0.25, 0.3) is 0 Å². The molecular weight excluding hydrogens is 230 g/mol. The predicted octanol–water partition coefficient (Wildman–Crippen LogP) is 0.454. The topological polar surface area (TPSA) is 52.7 Å². The number of carbonyl (C=O) groups is 2. The Bertz CT molecular complexity index is 326. The predicted molar refractivity (Wildman–Crippen MR) is 71.2 cm³/mol. The van der Waals surface area contributed by atoms with Gasteiger partial charge in [0, 0.05) is 6.54 Å². The molecule has 5 nitrogen and oxygen atoms in total. The summed E-state index contributed by atoms with van der Waals surface area (Å²) < 4.78 is 0. The number of amides is 2. The fraction of sp³-hybridized carbons (Fsp3) is 0.846. The second kappa shape index (κ2) is 5.69. The molecule has 104 valence electrons. The Morgan fingerprint density at radius 3 is 2.44 bits per heavy atom. The van der Waals surface area contributed by atoms with Crippen LogP contribution in [0.25, 0.3) is 0 Å². The van der Waals surface area contributed by atoms with Gasteiger partial charge < -0.3 is 15.1 Å². The van der Waals surface area contributed by atoms with Gasteiger partial charge in [-0.05, 0) is 47.3 Å². The SMILES string of the molecule is CCC1C(=O)NC(C)(C)C(=O)N1CCCN(C)C. The standard InChI is InChI=1S/C13H25N3O2/c1-6-10-11(17)14-13(2,3)12(18)16(10)9-7-8-15(4)5/h10H,6-9H2,1-5H3,(H,14,17). The lowest BCUT2D eigenvalue weighted by atomic mass is 9.95. The van der Waals surface area contributed by atoms with Crippen molar-refractivity contribution in [1.82, 2.24) is 15.1 Å². The third-order valence-electron chi connectivity index (χ3n) is 3.30. The Morgan fingerprint density at radius 1 is 1.33 bits per heavy atom. The van der Waals surface area contributed by atoms with Crippen molar-refractivity contribution < 1.29 is 9.59 Å². The lowest BCUT2D eigenvalue weighted by Gasteiger charge is -2.42. The van der Waals surface area contributed by atoms with Crippen LogP contribution in [-0.2, 0) is 9.59 Å². The summed E-state index contributed by atoms with van der Waals surface area (Å²) in [5, 5.41) is 2.80. The number of hydrogen-bond donors (Lipinski definition) is 1. The molecule has 1 heterocycles. The monoisotopic (exact) mass is 255 g/mol. The Kier molecular flexibility index (Phi) is 4.73. The zero-order chi connectivity index (χ0) is 13.9. The molecule has 1 rings (SSSR count). The molecule has 0 radical (unpaired) electrons. The fourth-order valence-electron chi connectivity index (χ4n) is 2.31. The molecule has 1 N–H and O–H groups in total. The molecule has 0 aromatic heterocycles. The maximum atomic E-state index is 12.3. The third-order valence-corrected chi connectivity index (χ3v) is 3.30. The van der Waals surface area contributed by atoms with Crippen molar-refractivity contribution in [3.8, 4) is 0 Å². The molecule has 1 atom stereocenters. The van der Waals surface area contributed by atoms with Crippen molar-refractivity contribution in [3.05, 3.63) is 0 Å². The van der Waals surface area contributed by atoms with Gasteiger partial charge in [-0.15, -0.1) is 0 Å². The van der Waals surface area contributed by atoms with Crippen LogP contribution in [0.5, 0.6) is 0 Å². The van der Waals surface area contributed by atoms with E-state index in [0.29, 0.717) is 13.0 Å². The van der Waals surface area contributed by atoms with Gasteiger partial charge in [-0.2, -0.15) is 0 Å². The van der Waals surface area contributed by atoms with Gasteiger partial charge >= 0.3 is 0 Å². The fourth-order valence-corrected chi connectivity index (χ4v) is 2.31. The molecule has 5 heteroatoms. The van der Waals surface area contributed by atoms with Crippen LogP contribution in [-0.4, -0.2) is 60.4 Å². The van der Waals surface area contributed by atoms with Crippen molar-refractivity contribution in [2.24, 2.45) is 0 Å². The average molecular weight is 255 g/mol. The summed E-state index contributed by atoms with van der Waals surface area (Å²) in [4.78, 5) is 28.1. The second-order valence-electron chi connectivity index (χ2n) is 5.69. The highest BCUT2D eigenvalue weighted by Gasteiger charge is 2.43. The van der Waals surface area contributed by atoms with Crippen LogP contribution in [0.4, 0.5) is 0 Å². The van der Waals surface area contributed by atoms with Crippen molar-refractivity contribution in [1.29, 1.82) is 0 Å². The number of carbonyl (C=O) groups excluding carboxylic acids is 2. The molecule has 1 saturated heterocycles. The zero-order valence-electron chi connectivity index (χ0n) is 12.1. The zero-order valence-corrected chi connectivity index (χ0v) is 12.1. The van der Waals surface area contributed by atoms with E-state index in [4.69, 9.17) is 0 Å². The number of rotatable bonds is 5. The third kappa shape index (κ3) is 3.22. The van der Waals surface area contributed by atoms with E-state index in [1.165, 1.54) is 0 Å². The van der Waals surface area contributed by atoms with Gasteiger partial charge in [0.1, 0.15) is 11.6 Å². The van der Waals surface area contributed by atoms with Crippen LogP contribution in [0.3, 0.4) is 0 Å². The maximum Gasteiger partial charge on any atom is 0.248 e. The van der Waals surface area contributed by atoms with Crippen LogP contribution in [0.2, 0.25) is 0 Å². The minimum absolute atomic E-state index is 0.0210. The largest absolute Gasteiger partial charge is 0.340 e. The van der Waals surface area contributed by atoms with E-state index in [1.807, 2.05) is 21.0 Å². The number of nitrogens with zero attached hydrogens (tertiary/aromatic N) is 2. The van der Waals surface area contributed by atoms with E-state index in [-0.39, 0.29) is 17.9 Å². The van der Waals surface area contributed by atoms with E-state index >= 15 is 0 Å². The highest BCUT2D eigenvalue weighted by molar-refractivity contribution is 5.99. The van der Waals surface area contributed by atoms with Crippen molar-refractivity contribution in [3.63, 3.8) is 0 Å². The first-order valence-electron chi connectivity index (χ1n) is 6.57. The number of piperazine rings is 1. The molecule has 2 amide bonds. The summed E-state index contributed by atoms with van der Waals surface area (Å²) in [6.45, 7) is 7.03. The molecule has 1 aliphatic heterocycles. The van der Waals surface area contributed by atoms with Gasteiger partial charge in [-0.3, -0.25) is 9.59 Å². The van der Waals surface area contributed by atoms with E-state index in [9.17, 15) is 9.59 Å². The average Bonchev–Trinajstić information content (AvgIpc) is 2.24. The first-order valence-corrected chi connectivity index (χ1v) is 6.57. The molecule has 0 spiro atoms. The lowest BCUT2D eigenvalue weighted by molar-refractivity contribution is -0.153. The molecule has 1 aliphatic rings. The highest BCUT2D eigenvalue weighted by atomic mass is 16.2. The van der Waals surface area contributed by atoms with Crippen LogP contribution in [0.15, 0.2) is 0 Å². The van der Waals surface area contributed by atoms with E-state index in [2.05, 4.69) is 10.2 Å². The summed E-state index contributed by atoms with van der Waals surface area (Å²) in [6.07, 6.45) is 1.55. The van der Waals surface area contributed by atoms with Crippen molar-refractivity contribution in [2.75, 3.05) is 27.2 Å². The summed E-state index contributed by atoms with van der Waals surface area (Å²) in [6, 6.07) is -0.312. The van der Waals surface area contributed by atoms with Crippen LogP contribution < -0.4 is 5.32 Å². The first-order chi connectivity index (χ1) is 8.29. The van der Waals surface area contributed by atoms with Gasteiger partial charge in [0.05, 0.1) is 0 Å². The van der Waals surface area contributed by atoms with E-state index < -0.39 is 5.54 Å². The van der Waals surface area contributed by atoms with Gasteiger partial charge in [0.2, 0.25) is 11.8 Å². The quantitative estimate of drug-likeness (QED) is 0.776. The smallest absolute Gasteiger partial charge is 0.248 e. The summed E-state index contributed by atoms with van der Waals surface area (Å²) >= 11 is 0. The van der Waals surface area contributed by atoms with E-state index in [0.717, 1.165) is 13.0 Å². The van der Waals surface area contributed by atoms with Crippen molar-refractivity contribution >= 4 is 11.8 Å². The van der Waals surface area contributed by atoms with Gasteiger partial charge in [-0.25, -0.2) is 0 Å². The Hall–Kier alpha value is -1.10. The summed E-state index contributed by atoms with van der Waals surface area (Å²) in [7, 11) is 4.01. The molecule has 0 bridgehead atoms. The normalized spacial score (nSPS) is 23.4. The Morgan fingerprint density at radius 2 is 1.94 bits per heavy atom. The minimum atomic E-state index is -0.777. The molecule has 0 aromatic rings.